The normalized spacial score (nSPS) is 17.1. The fourth-order valence-corrected chi connectivity index (χ4v) is 3.07. The summed E-state index contributed by atoms with van der Waals surface area (Å²) < 4.78 is 11.2. The average Bonchev–Trinajstić information content (AvgIpc) is 3.01. The molecule has 0 radical (unpaired) electrons. The lowest BCUT2D eigenvalue weighted by Gasteiger charge is -2.09. The molecule has 0 saturated heterocycles. The minimum Gasteiger partial charge on any atom is -0.496 e. The predicted octanol–water partition coefficient (Wildman–Crippen LogP) is 2.63. The summed E-state index contributed by atoms with van der Waals surface area (Å²) in [5, 5.41) is 9.97. The molecule has 2 heterocycles. The molecular weight excluding hydrogens is 262 g/mol. The fraction of sp³-hybridized carbons (Fsp3) is 0.357. The predicted molar refractivity (Wildman–Crippen MR) is 73.8 cm³/mol. The second-order valence-electron chi connectivity index (χ2n) is 4.58. The Kier molecular flexibility index (Phi) is 3.16. The largest absolute Gasteiger partial charge is 0.496 e. The standard InChI is InChI=1S/C14H15NO3S/c1-8-3-9-4-13(17-2)11(5-12(9)18-8)14-15-6-10(7-16)19-14/h4-6,8,16H,3,7H2,1-2H3. The van der Waals surface area contributed by atoms with Crippen molar-refractivity contribution in [1.82, 2.24) is 4.98 Å². The SMILES string of the molecule is COc1cc2c(cc1-c1ncc(CO)s1)OC(C)C2. The van der Waals surface area contributed by atoms with Crippen LogP contribution in [0.4, 0.5) is 0 Å². The maximum Gasteiger partial charge on any atom is 0.129 e. The van der Waals surface area contributed by atoms with Gasteiger partial charge >= 0.3 is 0 Å². The zero-order chi connectivity index (χ0) is 13.4. The Bertz CT molecular complexity index is 609. The highest BCUT2D eigenvalue weighted by Crippen LogP contribution is 2.41. The van der Waals surface area contributed by atoms with Crippen LogP contribution in [0, 0.1) is 0 Å². The smallest absolute Gasteiger partial charge is 0.129 e. The molecule has 0 amide bonds. The fourth-order valence-electron chi connectivity index (χ4n) is 2.28. The van der Waals surface area contributed by atoms with Crippen molar-refractivity contribution in [2.45, 2.75) is 26.1 Å². The number of hydrogen-bond acceptors (Lipinski definition) is 5. The molecule has 2 aromatic rings. The van der Waals surface area contributed by atoms with Gasteiger partial charge in [0.2, 0.25) is 0 Å². The maximum atomic E-state index is 9.13. The quantitative estimate of drug-likeness (QED) is 0.937. The molecule has 1 aliphatic rings. The number of thiazole rings is 1. The molecule has 1 aliphatic heterocycles. The molecule has 0 aliphatic carbocycles. The Balaban J connectivity index is 2.07. The first-order valence-corrected chi connectivity index (χ1v) is 6.96. The number of ether oxygens (including phenoxy) is 2. The number of methoxy groups -OCH3 is 1. The van der Waals surface area contributed by atoms with Gasteiger partial charge in [-0.15, -0.1) is 11.3 Å². The first-order valence-electron chi connectivity index (χ1n) is 6.14. The molecule has 0 spiro atoms. The van der Waals surface area contributed by atoms with Crippen LogP contribution in [0.15, 0.2) is 18.3 Å². The Labute approximate surface area is 115 Å². The van der Waals surface area contributed by atoms with E-state index in [9.17, 15) is 0 Å². The van der Waals surface area contributed by atoms with Gasteiger partial charge in [0, 0.05) is 18.2 Å². The van der Waals surface area contributed by atoms with Gasteiger partial charge in [-0.3, -0.25) is 0 Å². The molecule has 5 heteroatoms. The average molecular weight is 277 g/mol. The van der Waals surface area contributed by atoms with Gasteiger partial charge in [0.1, 0.15) is 22.6 Å². The molecule has 1 aromatic heterocycles. The van der Waals surface area contributed by atoms with Gasteiger partial charge in [-0.1, -0.05) is 0 Å². The lowest BCUT2D eigenvalue weighted by atomic mass is 10.1. The van der Waals surface area contributed by atoms with E-state index in [1.54, 1.807) is 13.3 Å². The Morgan fingerprint density at radius 2 is 2.37 bits per heavy atom. The summed E-state index contributed by atoms with van der Waals surface area (Å²) in [6.45, 7) is 2.07. The second-order valence-corrected chi connectivity index (χ2v) is 5.70. The Morgan fingerprint density at radius 1 is 1.53 bits per heavy atom. The van der Waals surface area contributed by atoms with E-state index in [0.717, 1.165) is 33.4 Å². The Morgan fingerprint density at radius 3 is 3.05 bits per heavy atom. The molecule has 1 atom stereocenters. The maximum absolute atomic E-state index is 9.13. The number of rotatable bonds is 3. The highest BCUT2D eigenvalue weighted by Gasteiger charge is 2.23. The second kappa shape index (κ2) is 4.83. The summed E-state index contributed by atoms with van der Waals surface area (Å²) in [5.74, 6) is 1.71. The summed E-state index contributed by atoms with van der Waals surface area (Å²) in [6, 6.07) is 4.01. The third kappa shape index (κ3) is 2.19. The van der Waals surface area contributed by atoms with Crippen molar-refractivity contribution in [2.75, 3.05) is 7.11 Å². The molecular formula is C14H15NO3S. The van der Waals surface area contributed by atoms with Crippen LogP contribution in [-0.4, -0.2) is 23.3 Å². The lowest BCUT2D eigenvalue weighted by Crippen LogP contribution is -2.05. The third-order valence-corrected chi connectivity index (χ3v) is 4.17. The van der Waals surface area contributed by atoms with Gasteiger partial charge in [-0.25, -0.2) is 4.98 Å². The van der Waals surface area contributed by atoms with Crippen molar-refractivity contribution < 1.29 is 14.6 Å². The zero-order valence-corrected chi connectivity index (χ0v) is 11.7. The van der Waals surface area contributed by atoms with Crippen LogP contribution >= 0.6 is 11.3 Å². The van der Waals surface area contributed by atoms with Gasteiger partial charge in [0.15, 0.2) is 0 Å². The van der Waals surface area contributed by atoms with Gasteiger partial charge < -0.3 is 14.6 Å². The van der Waals surface area contributed by atoms with Crippen molar-refractivity contribution in [3.05, 3.63) is 28.8 Å². The molecule has 0 bridgehead atoms. The first kappa shape index (κ1) is 12.4. The van der Waals surface area contributed by atoms with E-state index in [0.29, 0.717) is 0 Å². The van der Waals surface area contributed by atoms with Gasteiger partial charge in [-0.2, -0.15) is 0 Å². The highest BCUT2D eigenvalue weighted by atomic mass is 32.1. The van der Waals surface area contributed by atoms with E-state index < -0.39 is 0 Å². The first-order chi connectivity index (χ1) is 9.21. The topological polar surface area (TPSA) is 51.6 Å². The van der Waals surface area contributed by atoms with Crippen molar-refractivity contribution in [2.24, 2.45) is 0 Å². The van der Waals surface area contributed by atoms with E-state index in [1.807, 2.05) is 12.1 Å². The van der Waals surface area contributed by atoms with Gasteiger partial charge in [0.05, 0.1) is 24.2 Å². The number of hydrogen-bond donors (Lipinski definition) is 1. The van der Waals surface area contributed by atoms with Gasteiger partial charge in [0.25, 0.3) is 0 Å². The summed E-state index contributed by atoms with van der Waals surface area (Å²) >= 11 is 1.47. The van der Waals surface area contributed by atoms with Crippen molar-refractivity contribution in [1.29, 1.82) is 0 Å². The monoisotopic (exact) mass is 277 g/mol. The van der Waals surface area contributed by atoms with Crippen LogP contribution in [0.1, 0.15) is 17.4 Å². The number of benzene rings is 1. The molecule has 1 N–H and O–H groups in total. The molecule has 4 nitrogen and oxygen atoms in total. The molecule has 1 aromatic carbocycles. The minimum atomic E-state index is 0.0124. The third-order valence-electron chi connectivity index (χ3n) is 3.16. The summed E-state index contributed by atoms with van der Waals surface area (Å²) in [5.41, 5.74) is 2.09. The Hall–Kier alpha value is -1.59. The number of aliphatic hydroxyl groups excluding tert-OH is 1. The summed E-state index contributed by atoms with van der Waals surface area (Å²) in [7, 11) is 1.66. The number of nitrogens with zero attached hydrogens (tertiary/aromatic N) is 1. The molecule has 0 fully saturated rings. The van der Waals surface area contributed by atoms with E-state index >= 15 is 0 Å². The minimum absolute atomic E-state index is 0.0124. The number of fused-ring (bicyclic) bond motifs is 1. The molecule has 3 rings (SSSR count). The van der Waals surface area contributed by atoms with Crippen LogP contribution in [0.25, 0.3) is 10.6 Å². The van der Waals surface area contributed by atoms with Crippen LogP contribution in [0.3, 0.4) is 0 Å². The number of aromatic nitrogens is 1. The van der Waals surface area contributed by atoms with Crippen LogP contribution in [0.5, 0.6) is 11.5 Å². The summed E-state index contributed by atoms with van der Waals surface area (Å²) in [6.07, 6.45) is 2.81. The van der Waals surface area contributed by atoms with E-state index in [2.05, 4.69) is 11.9 Å². The van der Waals surface area contributed by atoms with E-state index in [1.165, 1.54) is 16.9 Å². The zero-order valence-electron chi connectivity index (χ0n) is 10.8. The van der Waals surface area contributed by atoms with Crippen molar-refractivity contribution in [3.63, 3.8) is 0 Å². The van der Waals surface area contributed by atoms with E-state index in [-0.39, 0.29) is 12.7 Å². The van der Waals surface area contributed by atoms with Crippen LogP contribution in [-0.2, 0) is 13.0 Å². The van der Waals surface area contributed by atoms with Crippen molar-refractivity contribution >= 4 is 11.3 Å². The molecule has 100 valence electrons. The van der Waals surface area contributed by atoms with Crippen LogP contribution in [0.2, 0.25) is 0 Å². The summed E-state index contributed by atoms with van der Waals surface area (Å²) in [4.78, 5) is 5.17. The van der Waals surface area contributed by atoms with Gasteiger partial charge in [-0.05, 0) is 19.1 Å². The molecule has 1 unspecified atom stereocenters. The number of aliphatic hydroxyl groups is 1. The lowest BCUT2D eigenvalue weighted by molar-refractivity contribution is 0.254. The highest BCUT2D eigenvalue weighted by molar-refractivity contribution is 7.15. The van der Waals surface area contributed by atoms with Crippen molar-refractivity contribution in [3.8, 4) is 22.1 Å². The molecule has 0 saturated carbocycles. The van der Waals surface area contributed by atoms with E-state index in [4.69, 9.17) is 14.6 Å². The molecule has 19 heavy (non-hydrogen) atoms. The van der Waals surface area contributed by atoms with Crippen LogP contribution < -0.4 is 9.47 Å².